The Balaban J connectivity index is 1.51. The lowest BCUT2D eigenvalue weighted by molar-refractivity contribution is -0.384. The third kappa shape index (κ3) is 4.48. The van der Waals surface area contributed by atoms with E-state index < -0.39 is 4.92 Å². The molecule has 31 heavy (non-hydrogen) atoms. The second kappa shape index (κ2) is 8.19. The van der Waals surface area contributed by atoms with E-state index in [9.17, 15) is 14.9 Å². The first-order chi connectivity index (χ1) is 14.9. The van der Waals surface area contributed by atoms with Crippen LogP contribution in [0.15, 0.2) is 66.7 Å². The maximum absolute atomic E-state index is 12.3. The van der Waals surface area contributed by atoms with Crippen molar-refractivity contribution >= 4 is 34.4 Å². The molecule has 4 aromatic rings. The van der Waals surface area contributed by atoms with Crippen LogP contribution in [-0.4, -0.2) is 25.8 Å². The minimum Gasteiger partial charge on any atom is -0.322 e. The molecule has 0 fully saturated rings. The summed E-state index contributed by atoms with van der Waals surface area (Å²) >= 11 is 0. The van der Waals surface area contributed by atoms with Crippen LogP contribution in [0.5, 0.6) is 0 Å². The summed E-state index contributed by atoms with van der Waals surface area (Å²) in [7, 11) is 0. The van der Waals surface area contributed by atoms with Gasteiger partial charge >= 0.3 is 0 Å². The van der Waals surface area contributed by atoms with Crippen LogP contribution in [0, 0.1) is 24.0 Å². The number of carbonyl (C=O) groups is 1. The van der Waals surface area contributed by atoms with Gasteiger partial charge in [0.2, 0.25) is 5.91 Å². The lowest BCUT2D eigenvalue weighted by atomic mass is 10.1. The standard InChI is InChI=1S/C23H19N5O3/c1-15-6-9-19(12-16(15)2)27-25-21-10-8-18(14-22(21)26-27)24-23(29)11-7-17-4-3-5-20(13-17)28(30)31/h3-14H,1-2H3,(H,24,29). The van der Waals surface area contributed by atoms with Gasteiger partial charge in [0.25, 0.3) is 5.69 Å². The highest BCUT2D eigenvalue weighted by atomic mass is 16.6. The summed E-state index contributed by atoms with van der Waals surface area (Å²) in [6.45, 7) is 4.09. The fourth-order valence-corrected chi connectivity index (χ4v) is 3.06. The van der Waals surface area contributed by atoms with Crippen LogP contribution >= 0.6 is 0 Å². The Morgan fingerprint density at radius 2 is 1.81 bits per heavy atom. The van der Waals surface area contributed by atoms with Gasteiger partial charge in [-0.3, -0.25) is 14.9 Å². The van der Waals surface area contributed by atoms with Gasteiger partial charge in [0.1, 0.15) is 11.0 Å². The number of nitrogens with one attached hydrogen (secondary N) is 1. The molecule has 0 spiro atoms. The number of aromatic nitrogens is 3. The number of nitro groups is 1. The van der Waals surface area contributed by atoms with Gasteiger partial charge in [-0.25, -0.2) is 0 Å². The normalized spacial score (nSPS) is 11.2. The van der Waals surface area contributed by atoms with Crippen LogP contribution < -0.4 is 5.32 Å². The Morgan fingerprint density at radius 1 is 1.00 bits per heavy atom. The molecule has 154 valence electrons. The number of carbonyl (C=O) groups excluding carboxylic acids is 1. The van der Waals surface area contributed by atoms with Crippen LogP contribution in [0.2, 0.25) is 0 Å². The van der Waals surface area contributed by atoms with Crippen molar-refractivity contribution < 1.29 is 9.72 Å². The Labute approximate surface area is 178 Å². The molecule has 0 aliphatic carbocycles. The van der Waals surface area contributed by atoms with Gasteiger partial charge in [-0.15, -0.1) is 10.2 Å². The number of nitrogens with zero attached hydrogens (tertiary/aromatic N) is 4. The van der Waals surface area contributed by atoms with E-state index in [1.807, 2.05) is 25.1 Å². The van der Waals surface area contributed by atoms with E-state index in [-0.39, 0.29) is 11.6 Å². The van der Waals surface area contributed by atoms with Crippen LogP contribution in [0.4, 0.5) is 11.4 Å². The van der Waals surface area contributed by atoms with E-state index in [0.717, 1.165) is 11.3 Å². The number of amides is 1. The SMILES string of the molecule is Cc1ccc(-n2nc3ccc(NC(=O)C=Cc4cccc([N+](=O)[O-])c4)cc3n2)cc1C. The lowest BCUT2D eigenvalue weighted by Gasteiger charge is -2.03. The van der Waals surface area contributed by atoms with Crippen molar-refractivity contribution in [2.75, 3.05) is 5.32 Å². The zero-order valence-electron chi connectivity index (χ0n) is 16.9. The highest BCUT2D eigenvalue weighted by molar-refractivity contribution is 6.02. The molecule has 0 saturated carbocycles. The predicted octanol–water partition coefficient (Wildman–Crippen LogP) is 4.60. The molecule has 0 aliphatic heterocycles. The molecule has 0 radical (unpaired) electrons. The molecule has 1 heterocycles. The molecule has 0 aliphatic rings. The number of fused-ring (bicyclic) bond motifs is 1. The Kier molecular flexibility index (Phi) is 5.28. The molecular weight excluding hydrogens is 394 g/mol. The van der Waals surface area contributed by atoms with E-state index in [1.54, 1.807) is 35.1 Å². The third-order valence-corrected chi connectivity index (χ3v) is 4.88. The summed E-state index contributed by atoms with van der Waals surface area (Å²) < 4.78 is 0. The number of benzene rings is 3. The zero-order chi connectivity index (χ0) is 22.0. The second-order valence-corrected chi connectivity index (χ2v) is 7.14. The van der Waals surface area contributed by atoms with Gasteiger partial charge in [-0.2, -0.15) is 4.80 Å². The number of hydrogen-bond acceptors (Lipinski definition) is 5. The molecule has 8 nitrogen and oxygen atoms in total. The van der Waals surface area contributed by atoms with Gasteiger partial charge < -0.3 is 5.32 Å². The number of non-ortho nitro benzene ring substituents is 1. The van der Waals surface area contributed by atoms with Crippen LogP contribution in [-0.2, 0) is 4.79 Å². The summed E-state index contributed by atoms with van der Waals surface area (Å²) in [6, 6.07) is 17.4. The van der Waals surface area contributed by atoms with Crippen molar-refractivity contribution in [2.45, 2.75) is 13.8 Å². The summed E-state index contributed by atoms with van der Waals surface area (Å²) in [4.78, 5) is 24.2. The minimum atomic E-state index is -0.474. The largest absolute Gasteiger partial charge is 0.322 e. The summed E-state index contributed by atoms with van der Waals surface area (Å²) in [6.07, 6.45) is 2.85. The molecule has 0 bridgehead atoms. The van der Waals surface area contributed by atoms with Crippen molar-refractivity contribution in [3.63, 3.8) is 0 Å². The Bertz CT molecular complexity index is 1340. The maximum Gasteiger partial charge on any atom is 0.270 e. The fraction of sp³-hybridized carbons (Fsp3) is 0.0870. The molecule has 1 N–H and O–H groups in total. The smallest absolute Gasteiger partial charge is 0.270 e. The molecule has 3 aromatic carbocycles. The minimum absolute atomic E-state index is 0.0279. The van der Waals surface area contributed by atoms with Crippen molar-refractivity contribution in [1.82, 2.24) is 15.0 Å². The second-order valence-electron chi connectivity index (χ2n) is 7.14. The first kappa shape index (κ1) is 20.0. The molecule has 0 atom stereocenters. The van der Waals surface area contributed by atoms with Crippen LogP contribution in [0.3, 0.4) is 0 Å². The molecule has 1 amide bonds. The Hall–Kier alpha value is -4.33. The quantitative estimate of drug-likeness (QED) is 0.293. The average molecular weight is 413 g/mol. The van der Waals surface area contributed by atoms with Gasteiger partial charge in [0.15, 0.2) is 0 Å². The fourth-order valence-electron chi connectivity index (χ4n) is 3.06. The van der Waals surface area contributed by atoms with Gasteiger partial charge in [0, 0.05) is 23.9 Å². The van der Waals surface area contributed by atoms with Gasteiger partial charge in [-0.05, 0) is 66.9 Å². The van der Waals surface area contributed by atoms with Gasteiger partial charge in [-0.1, -0.05) is 18.2 Å². The molecule has 4 rings (SSSR count). The number of aryl methyl sites for hydroxylation is 2. The first-order valence-electron chi connectivity index (χ1n) is 9.57. The molecule has 0 unspecified atom stereocenters. The zero-order valence-corrected chi connectivity index (χ0v) is 16.9. The molecule has 8 heteroatoms. The van der Waals surface area contributed by atoms with Crippen molar-refractivity contribution in [3.8, 4) is 5.69 Å². The highest BCUT2D eigenvalue weighted by Crippen LogP contribution is 2.19. The first-order valence-corrected chi connectivity index (χ1v) is 9.57. The predicted molar refractivity (Wildman–Crippen MR) is 119 cm³/mol. The number of nitro benzene ring substituents is 1. The van der Waals surface area contributed by atoms with E-state index in [0.29, 0.717) is 22.3 Å². The number of rotatable bonds is 5. The summed E-state index contributed by atoms with van der Waals surface area (Å²) in [5.74, 6) is -0.354. The molecule has 1 aromatic heterocycles. The maximum atomic E-state index is 12.3. The topological polar surface area (TPSA) is 103 Å². The number of anilines is 1. The van der Waals surface area contributed by atoms with Gasteiger partial charge in [0.05, 0.1) is 10.6 Å². The monoisotopic (exact) mass is 413 g/mol. The molecule has 0 saturated heterocycles. The number of hydrogen-bond donors (Lipinski definition) is 1. The lowest BCUT2D eigenvalue weighted by Crippen LogP contribution is -2.07. The average Bonchev–Trinajstić information content (AvgIpc) is 3.18. The highest BCUT2D eigenvalue weighted by Gasteiger charge is 2.08. The molecular formula is C23H19N5O3. The van der Waals surface area contributed by atoms with Crippen molar-refractivity contribution in [2.24, 2.45) is 0 Å². The summed E-state index contributed by atoms with van der Waals surface area (Å²) in [5.41, 5.74) is 5.70. The van der Waals surface area contributed by atoms with Crippen LogP contribution in [0.1, 0.15) is 16.7 Å². The van der Waals surface area contributed by atoms with E-state index >= 15 is 0 Å². The third-order valence-electron chi connectivity index (χ3n) is 4.88. The van der Waals surface area contributed by atoms with Crippen molar-refractivity contribution in [3.05, 3.63) is 93.5 Å². The van der Waals surface area contributed by atoms with E-state index in [4.69, 9.17) is 0 Å². The van der Waals surface area contributed by atoms with E-state index in [2.05, 4.69) is 22.4 Å². The van der Waals surface area contributed by atoms with Crippen LogP contribution in [0.25, 0.3) is 22.8 Å². The Morgan fingerprint density at radius 3 is 2.58 bits per heavy atom. The summed E-state index contributed by atoms with van der Waals surface area (Å²) in [5, 5.41) is 22.6. The van der Waals surface area contributed by atoms with Crippen molar-refractivity contribution in [1.29, 1.82) is 0 Å². The van der Waals surface area contributed by atoms with E-state index in [1.165, 1.54) is 29.8 Å².